The second kappa shape index (κ2) is 6.77. The van der Waals surface area contributed by atoms with Crippen LogP contribution in [0.4, 0.5) is 0 Å². The predicted octanol–water partition coefficient (Wildman–Crippen LogP) is 1.69. The molecule has 0 saturated heterocycles. The molecule has 2 rings (SSSR count). The number of guanidine groups is 1. The van der Waals surface area contributed by atoms with Crippen LogP contribution < -0.4 is 11.5 Å². The highest BCUT2D eigenvalue weighted by atomic mass is 16.3. The summed E-state index contributed by atoms with van der Waals surface area (Å²) in [5.74, 6) is 1.07. The first-order chi connectivity index (χ1) is 9.65. The molecule has 1 heterocycles. The van der Waals surface area contributed by atoms with E-state index in [-0.39, 0.29) is 5.96 Å². The van der Waals surface area contributed by atoms with E-state index in [4.69, 9.17) is 15.9 Å². The molecule has 106 valence electrons. The van der Waals surface area contributed by atoms with Crippen LogP contribution in [0.15, 0.2) is 52.1 Å². The predicted molar refractivity (Wildman–Crippen MR) is 79.8 cm³/mol. The molecule has 0 amide bonds. The summed E-state index contributed by atoms with van der Waals surface area (Å²) < 4.78 is 5.35. The van der Waals surface area contributed by atoms with Crippen LogP contribution in [0.5, 0.6) is 0 Å². The number of furan rings is 1. The van der Waals surface area contributed by atoms with Gasteiger partial charge in [0.25, 0.3) is 0 Å². The fourth-order valence-electron chi connectivity index (χ4n) is 2.06. The van der Waals surface area contributed by atoms with Crippen LogP contribution in [0.1, 0.15) is 16.9 Å². The molecular formula is C15H20N4O. The van der Waals surface area contributed by atoms with Gasteiger partial charge in [-0.05, 0) is 30.3 Å². The first kappa shape index (κ1) is 14.1. The third-order valence-corrected chi connectivity index (χ3v) is 3.00. The molecule has 1 aromatic carbocycles. The topological polar surface area (TPSA) is 80.8 Å². The Bertz CT molecular complexity index is 559. The van der Waals surface area contributed by atoms with Crippen molar-refractivity contribution in [2.45, 2.75) is 19.6 Å². The average molecular weight is 272 g/mol. The van der Waals surface area contributed by atoms with E-state index in [9.17, 15) is 0 Å². The van der Waals surface area contributed by atoms with Crippen molar-refractivity contribution in [3.63, 3.8) is 0 Å². The maximum Gasteiger partial charge on any atom is 0.186 e. The molecule has 0 aliphatic carbocycles. The van der Waals surface area contributed by atoms with Gasteiger partial charge in [0.1, 0.15) is 5.76 Å². The van der Waals surface area contributed by atoms with E-state index in [1.807, 2.05) is 30.3 Å². The Kier molecular flexibility index (Phi) is 4.79. The minimum absolute atomic E-state index is 0.115. The normalized spacial score (nSPS) is 10.7. The summed E-state index contributed by atoms with van der Waals surface area (Å²) in [5, 5.41) is 0. The SMILES string of the molecule is CN(Cc1ccco1)Cc1ccccc1CN=C(N)N. The molecule has 2 aromatic rings. The lowest BCUT2D eigenvalue weighted by Crippen LogP contribution is -2.23. The van der Waals surface area contributed by atoms with E-state index in [1.165, 1.54) is 5.56 Å². The van der Waals surface area contributed by atoms with Crippen molar-refractivity contribution >= 4 is 5.96 Å². The van der Waals surface area contributed by atoms with E-state index >= 15 is 0 Å². The second-order valence-corrected chi connectivity index (χ2v) is 4.76. The van der Waals surface area contributed by atoms with Crippen LogP contribution in [0.3, 0.4) is 0 Å². The number of hydrogen-bond acceptors (Lipinski definition) is 3. The number of benzene rings is 1. The standard InChI is InChI=1S/C15H20N4O/c1-19(11-14-7-4-8-20-14)10-13-6-3-2-5-12(13)9-18-15(16)17/h2-8H,9-11H2,1H3,(H4,16,17,18). The summed E-state index contributed by atoms with van der Waals surface area (Å²) in [7, 11) is 2.06. The van der Waals surface area contributed by atoms with Crippen molar-refractivity contribution in [1.82, 2.24) is 4.90 Å². The fourth-order valence-corrected chi connectivity index (χ4v) is 2.06. The molecule has 0 bridgehead atoms. The average Bonchev–Trinajstić information content (AvgIpc) is 2.90. The highest BCUT2D eigenvalue weighted by Crippen LogP contribution is 2.14. The highest BCUT2D eigenvalue weighted by Gasteiger charge is 2.07. The molecule has 0 fully saturated rings. The van der Waals surface area contributed by atoms with Crippen LogP contribution in [0, 0.1) is 0 Å². The van der Waals surface area contributed by atoms with E-state index in [0.717, 1.165) is 24.4 Å². The fraction of sp³-hybridized carbons (Fsp3) is 0.267. The van der Waals surface area contributed by atoms with Crippen molar-refractivity contribution < 1.29 is 4.42 Å². The van der Waals surface area contributed by atoms with Crippen molar-refractivity contribution in [3.05, 3.63) is 59.5 Å². The van der Waals surface area contributed by atoms with Gasteiger partial charge in [-0.1, -0.05) is 24.3 Å². The van der Waals surface area contributed by atoms with Crippen LogP contribution in [0.2, 0.25) is 0 Å². The molecule has 0 unspecified atom stereocenters. The van der Waals surface area contributed by atoms with E-state index in [1.54, 1.807) is 6.26 Å². The Morgan fingerprint density at radius 3 is 2.50 bits per heavy atom. The van der Waals surface area contributed by atoms with Crippen molar-refractivity contribution in [2.75, 3.05) is 7.05 Å². The zero-order valence-corrected chi connectivity index (χ0v) is 11.6. The quantitative estimate of drug-likeness (QED) is 0.619. The van der Waals surface area contributed by atoms with Crippen LogP contribution in [-0.2, 0) is 19.6 Å². The van der Waals surface area contributed by atoms with E-state index < -0.39 is 0 Å². The molecule has 0 aliphatic heterocycles. The third kappa shape index (κ3) is 4.13. The number of rotatable bonds is 6. The van der Waals surface area contributed by atoms with Gasteiger partial charge >= 0.3 is 0 Å². The minimum Gasteiger partial charge on any atom is -0.468 e. The Hall–Kier alpha value is -2.27. The minimum atomic E-state index is 0.115. The molecule has 1 aromatic heterocycles. The third-order valence-electron chi connectivity index (χ3n) is 3.00. The number of hydrogen-bond donors (Lipinski definition) is 2. The maximum atomic E-state index is 5.39. The Labute approximate surface area is 118 Å². The zero-order chi connectivity index (χ0) is 14.4. The van der Waals surface area contributed by atoms with Gasteiger partial charge in [-0.2, -0.15) is 0 Å². The molecule has 5 heteroatoms. The van der Waals surface area contributed by atoms with Gasteiger partial charge in [-0.25, -0.2) is 4.99 Å². The van der Waals surface area contributed by atoms with Crippen molar-refractivity contribution in [1.29, 1.82) is 0 Å². The summed E-state index contributed by atoms with van der Waals surface area (Å²) in [4.78, 5) is 6.26. The molecule has 20 heavy (non-hydrogen) atoms. The first-order valence-electron chi connectivity index (χ1n) is 6.48. The van der Waals surface area contributed by atoms with E-state index in [0.29, 0.717) is 6.54 Å². The smallest absolute Gasteiger partial charge is 0.186 e. The largest absolute Gasteiger partial charge is 0.468 e. The first-order valence-corrected chi connectivity index (χ1v) is 6.48. The lowest BCUT2D eigenvalue weighted by atomic mass is 10.1. The highest BCUT2D eigenvalue weighted by molar-refractivity contribution is 5.75. The van der Waals surface area contributed by atoms with Crippen LogP contribution in [0.25, 0.3) is 0 Å². The van der Waals surface area contributed by atoms with Gasteiger partial charge in [0.05, 0.1) is 19.4 Å². The second-order valence-electron chi connectivity index (χ2n) is 4.76. The molecule has 0 saturated carbocycles. The number of nitrogens with two attached hydrogens (primary N) is 2. The lowest BCUT2D eigenvalue weighted by Gasteiger charge is -2.17. The Morgan fingerprint density at radius 2 is 1.85 bits per heavy atom. The monoisotopic (exact) mass is 272 g/mol. The molecule has 5 nitrogen and oxygen atoms in total. The van der Waals surface area contributed by atoms with Gasteiger partial charge in [0.2, 0.25) is 0 Å². The Balaban J connectivity index is 2.03. The van der Waals surface area contributed by atoms with E-state index in [2.05, 4.69) is 23.0 Å². The van der Waals surface area contributed by atoms with Gasteiger partial charge in [0, 0.05) is 6.54 Å². The number of nitrogens with zero attached hydrogens (tertiary/aromatic N) is 2. The molecule has 0 radical (unpaired) electrons. The number of aliphatic imine (C=N–C) groups is 1. The molecule has 0 aliphatic rings. The maximum absolute atomic E-state index is 5.39. The van der Waals surface area contributed by atoms with Crippen LogP contribution in [-0.4, -0.2) is 17.9 Å². The molecular weight excluding hydrogens is 252 g/mol. The van der Waals surface area contributed by atoms with Crippen molar-refractivity contribution in [3.8, 4) is 0 Å². The summed E-state index contributed by atoms with van der Waals surface area (Å²) in [5.41, 5.74) is 13.1. The Morgan fingerprint density at radius 1 is 1.10 bits per heavy atom. The van der Waals surface area contributed by atoms with Crippen molar-refractivity contribution in [2.24, 2.45) is 16.5 Å². The summed E-state index contributed by atoms with van der Waals surface area (Å²) in [6, 6.07) is 12.0. The van der Waals surface area contributed by atoms with Crippen LogP contribution >= 0.6 is 0 Å². The van der Waals surface area contributed by atoms with Gasteiger partial charge < -0.3 is 15.9 Å². The van der Waals surface area contributed by atoms with Gasteiger partial charge in [-0.15, -0.1) is 0 Å². The summed E-state index contributed by atoms with van der Waals surface area (Å²) >= 11 is 0. The lowest BCUT2D eigenvalue weighted by molar-refractivity contribution is 0.287. The summed E-state index contributed by atoms with van der Waals surface area (Å²) in [6.07, 6.45) is 1.69. The zero-order valence-electron chi connectivity index (χ0n) is 11.6. The molecule has 4 N–H and O–H groups in total. The van der Waals surface area contributed by atoms with Gasteiger partial charge in [-0.3, -0.25) is 4.90 Å². The van der Waals surface area contributed by atoms with Gasteiger partial charge in [0.15, 0.2) is 5.96 Å². The summed E-state index contributed by atoms with van der Waals surface area (Å²) in [6.45, 7) is 2.09. The molecule has 0 atom stereocenters. The molecule has 0 spiro atoms.